The maximum absolute atomic E-state index is 2.38. The maximum Gasteiger partial charge on any atom is 0.0537 e. The molecule has 272 valence electrons. The molecule has 0 spiro atoms. The summed E-state index contributed by atoms with van der Waals surface area (Å²) in [6, 6.07) is 54.7. The van der Waals surface area contributed by atoms with Crippen molar-refractivity contribution in [3.05, 3.63) is 209 Å². The van der Waals surface area contributed by atoms with Gasteiger partial charge in [0.05, 0.1) is 5.52 Å². The van der Waals surface area contributed by atoms with Gasteiger partial charge in [0.25, 0.3) is 0 Å². The lowest BCUT2D eigenvalue weighted by Crippen LogP contribution is -2.17. The van der Waals surface area contributed by atoms with Gasteiger partial charge in [-0.15, -0.1) is 0 Å². The van der Waals surface area contributed by atoms with Crippen LogP contribution in [0.1, 0.15) is 62.6 Å². The van der Waals surface area contributed by atoms with E-state index in [1.54, 1.807) is 0 Å². The van der Waals surface area contributed by atoms with Crippen LogP contribution in [-0.2, 0) is 5.41 Å². The zero-order valence-electron chi connectivity index (χ0n) is 32.9. The molecule has 0 amide bonds. The molecule has 6 aromatic carbocycles. The fourth-order valence-electron chi connectivity index (χ4n) is 7.65. The molecule has 1 heterocycles. The summed E-state index contributed by atoms with van der Waals surface area (Å²) >= 11 is 0. The minimum absolute atomic E-state index is 0.0942. The summed E-state index contributed by atoms with van der Waals surface area (Å²) < 4.78 is 2.38. The van der Waals surface area contributed by atoms with Crippen molar-refractivity contribution in [2.75, 3.05) is 4.90 Å². The number of fused-ring (bicyclic) bond motifs is 2. The minimum atomic E-state index is -0.0942. The van der Waals surface area contributed by atoms with Crippen molar-refractivity contribution in [2.45, 2.75) is 47.0 Å². The van der Waals surface area contributed by atoms with Crippen LogP contribution < -0.4 is 4.90 Å². The van der Waals surface area contributed by atoms with E-state index in [0.29, 0.717) is 0 Å². The first kappa shape index (κ1) is 37.0. The van der Waals surface area contributed by atoms with Crippen LogP contribution in [0.2, 0.25) is 0 Å². The van der Waals surface area contributed by atoms with Crippen LogP contribution in [0.3, 0.4) is 0 Å². The van der Waals surface area contributed by atoms with E-state index in [-0.39, 0.29) is 5.41 Å². The molecule has 1 aliphatic rings. The Labute approximate surface area is 327 Å². The topological polar surface area (TPSA) is 8.17 Å². The van der Waals surface area contributed by atoms with E-state index in [9.17, 15) is 0 Å². The van der Waals surface area contributed by atoms with E-state index in [2.05, 4.69) is 231 Å². The van der Waals surface area contributed by atoms with Crippen LogP contribution in [0, 0.1) is 6.92 Å². The van der Waals surface area contributed by atoms with E-state index in [1.165, 1.54) is 55.6 Å². The molecule has 2 heteroatoms. The van der Waals surface area contributed by atoms with E-state index in [4.69, 9.17) is 0 Å². The van der Waals surface area contributed by atoms with Gasteiger partial charge < -0.3 is 9.47 Å². The number of benzene rings is 6. The standard InChI is InChI=1S/C51H44N2.C2H6/c1-5-6-10-19-42-34-41-27-31-46(36-48(41)51(42,3)4)52(43-20-13-8-14-21-43)45-29-25-39(26-30-45)40-28-33-50-47(35-40)37(2)49(32-24-38-17-11-7-12-18-38)53(50)44-22-15-9-16-23-44;1-2/h5-36H,1-4H3;1-2H3/b6-5-,19-10-,32-24-;. The van der Waals surface area contributed by atoms with Crippen LogP contribution in [0.25, 0.3) is 45.9 Å². The van der Waals surface area contributed by atoms with Crippen molar-refractivity contribution in [1.29, 1.82) is 0 Å². The van der Waals surface area contributed by atoms with Crippen molar-refractivity contribution >= 4 is 46.2 Å². The normalized spacial score (nSPS) is 13.3. The van der Waals surface area contributed by atoms with Crippen LogP contribution in [-0.4, -0.2) is 4.57 Å². The monoisotopic (exact) mass is 714 g/mol. The van der Waals surface area contributed by atoms with Gasteiger partial charge in [-0.25, -0.2) is 0 Å². The summed E-state index contributed by atoms with van der Waals surface area (Å²) in [5.41, 5.74) is 15.6. The van der Waals surface area contributed by atoms with Crippen molar-refractivity contribution in [1.82, 2.24) is 4.57 Å². The third kappa shape index (κ3) is 7.41. The predicted octanol–water partition coefficient (Wildman–Crippen LogP) is 15.1. The van der Waals surface area contributed by atoms with Gasteiger partial charge in [-0.1, -0.05) is 155 Å². The minimum Gasteiger partial charge on any atom is -0.310 e. The van der Waals surface area contributed by atoms with Gasteiger partial charge in [0.2, 0.25) is 0 Å². The molecule has 2 nitrogen and oxygen atoms in total. The number of para-hydroxylation sites is 2. The zero-order chi connectivity index (χ0) is 38.4. The molecule has 0 radical (unpaired) electrons. The third-order valence-electron chi connectivity index (χ3n) is 10.6. The number of anilines is 3. The Balaban J connectivity index is 0.00000229. The second-order valence-electron chi connectivity index (χ2n) is 14.3. The number of hydrogen-bond acceptors (Lipinski definition) is 1. The lowest BCUT2D eigenvalue weighted by molar-refractivity contribution is 0.655. The molecule has 1 aromatic heterocycles. The van der Waals surface area contributed by atoms with Crippen LogP contribution in [0.15, 0.2) is 182 Å². The molecular formula is C53H50N2. The molecule has 0 N–H and O–H groups in total. The van der Waals surface area contributed by atoms with Gasteiger partial charge in [-0.05, 0) is 120 Å². The molecule has 7 aromatic rings. The molecule has 0 unspecified atom stereocenters. The van der Waals surface area contributed by atoms with E-state index in [1.807, 2.05) is 13.8 Å². The van der Waals surface area contributed by atoms with Crippen LogP contribution >= 0.6 is 0 Å². The average Bonchev–Trinajstić information content (AvgIpc) is 3.66. The molecular weight excluding hydrogens is 665 g/mol. The smallest absolute Gasteiger partial charge is 0.0537 e. The van der Waals surface area contributed by atoms with Gasteiger partial charge in [0.1, 0.15) is 0 Å². The molecule has 8 rings (SSSR count). The number of aryl methyl sites for hydroxylation is 1. The molecule has 1 aliphatic carbocycles. The van der Waals surface area contributed by atoms with Gasteiger partial charge in [0, 0.05) is 39.2 Å². The molecule has 0 atom stereocenters. The lowest BCUT2D eigenvalue weighted by Gasteiger charge is -2.28. The third-order valence-corrected chi connectivity index (χ3v) is 10.6. The maximum atomic E-state index is 2.38. The Morgan fingerprint density at radius 2 is 1.20 bits per heavy atom. The van der Waals surface area contributed by atoms with Gasteiger partial charge >= 0.3 is 0 Å². The fraction of sp³-hybridized carbons (Fsp3) is 0.132. The first-order valence-electron chi connectivity index (χ1n) is 19.5. The molecule has 0 fully saturated rings. The highest BCUT2D eigenvalue weighted by Crippen LogP contribution is 2.45. The number of allylic oxidation sites excluding steroid dienone is 5. The molecule has 0 saturated heterocycles. The number of aromatic nitrogens is 1. The summed E-state index contributed by atoms with van der Waals surface area (Å²) in [7, 11) is 0. The Hall–Kier alpha value is -6.38. The van der Waals surface area contributed by atoms with E-state index in [0.717, 1.165) is 22.7 Å². The number of hydrogen-bond donors (Lipinski definition) is 0. The molecule has 0 bridgehead atoms. The highest BCUT2D eigenvalue weighted by molar-refractivity contribution is 5.94. The lowest BCUT2D eigenvalue weighted by atomic mass is 9.81. The fourth-order valence-corrected chi connectivity index (χ4v) is 7.65. The summed E-state index contributed by atoms with van der Waals surface area (Å²) in [5, 5.41) is 1.25. The van der Waals surface area contributed by atoms with Crippen molar-refractivity contribution in [3.8, 4) is 16.8 Å². The van der Waals surface area contributed by atoms with Crippen LogP contribution in [0.4, 0.5) is 17.1 Å². The summed E-state index contributed by atoms with van der Waals surface area (Å²) in [4.78, 5) is 2.37. The van der Waals surface area contributed by atoms with Gasteiger partial charge in [-0.2, -0.15) is 0 Å². The van der Waals surface area contributed by atoms with Gasteiger partial charge in [0.15, 0.2) is 0 Å². The van der Waals surface area contributed by atoms with Gasteiger partial charge in [-0.3, -0.25) is 0 Å². The summed E-state index contributed by atoms with van der Waals surface area (Å²) in [6.45, 7) is 12.9. The quantitative estimate of drug-likeness (QED) is 0.135. The highest BCUT2D eigenvalue weighted by atomic mass is 15.1. The van der Waals surface area contributed by atoms with E-state index >= 15 is 0 Å². The molecule has 0 aliphatic heterocycles. The average molecular weight is 715 g/mol. The molecule has 55 heavy (non-hydrogen) atoms. The molecule has 0 saturated carbocycles. The predicted molar refractivity (Wildman–Crippen MR) is 240 cm³/mol. The zero-order valence-corrected chi connectivity index (χ0v) is 32.9. The first-order valence-corrected chi connectivity index (χ1v) is 19.5. The summed E-state index contributed by atoms with van der Waals surface area (Å²) in [6.07, 6.45) is 15.3. The Kier molecular flexibility index (Phi) is 11.0. The number of rotatable bonds is 9. The van der Waals surface area contributed by atoms with Crippen LogP contribution in [0.5, 0.6) is 0 Å². The van der Waals surface area contributed by atoms with Crippen molar-refractivity contribution < 1.29 is 0 Å². The second-order valence-corrected chi connectivity index (χ2v) is 14.3. The number of nitrogens with zero attached hydrogens (tertiary/aromatic N) is 2. The highest BCUT2D eigenvalue weighted by Gasteiger charge is 2.32. The van der Waals surface area contributed by atoms with E-state index < -0.39 is 0 Å². The largest absolute Gasteiger partial charge is 0.310 e. The second kappa shape index (κ2) is 16.3. The first-order chi connectivity index (χ1) is 26.9. The van der Waals surface area contributed by atoms with Crippen molar-refractivity contribution in [3.63, 3.8) is 0 Å². The SMILES string of the molecule is C/C=C\C=C/C1=Cc2ccc(N(c3ccccc3)c3ccc(-c4ccc5c(c4)c(C)c(/C=C\c4ccccc4)n5-c4ccccc4)cc3)cc2C1(C)C.CC. The summed E-state index contributed by atoms with van der Waals surface area (Å²) in [5.74, 6) is 0. The Morgan fingerprint density at radius 3 is 1.89 bits per heavy atom. The van der Waals surface area contributed by atoms with Crippen molar-refractivity contribution in [2.24, 2.45) is 0 Å². The Bertz CT molecular complexity index is 2510. The Morgan fingerprint density at radius 1 is 0.582 bits per heavy atom.